The minimum atomic E-state index is -0.944. The van der Waals surface area contributed by atoms with Gasteiger partial charge in [-0.15, -0.1) is 144 Å². The Balaban J connectivity index is 0.000000716. The van der Waals surface area contributed by atoms with Gasteiger partial charge in [0.1, 0.15) is 23.3 Å². The van der Waals surface area contributed by atoms with Gasteiger partial charge in [0.25, 0.3) is 0 Å². The minimum absolute atomic E-state index is 0. The largest absolute Gasteiger partial charge is 0.393 e. The number of rotatable bonds is 22. The Labute approximate surface area is 791 Å². The maximum Gasteiger partial charge on any atom is 0.158 e. The number of nitrogens with zero attached hydrogens (tertiary/aromatic N) is 12. The van der Waals surface area contributed by atoms with E-state index in [0.717, 1.165) is 68.3 Å². The number of hydrogen-bond acceptors (Lipinski definition) is 18. The Morgan fingerprint density at radius 3 is 0.645 bits per heavy atom. The molecule has 8 atom stereocenters. The number of ether oxygens (including phenoxy) is 2. The molecular formula is C98H132Ir4N12O10-4. The number of para-hydroxylation sites is 4. The molecule has 4 radical (unpaired) electrons. The molecule has 0 saturated carbocycles. The van der Waals surface area contributed by atoms with Gasteiger partial charge >= 0.3 is 0 Å². The Kier molecular flexibility index (Phi) is 53.0. The fourth-order valence-electron chi connectivity index (χ4n) is 11.1. The Morgan fingerprint density at radius 2 is 0.484 bits per heavy atom. The molecule has 22 nitrogen and oxygen atoms in total. The van der Waals surface area contributed by atoms with Crippen LogP contribution in [0.3, 0.4) is 0 Å². The third-order valence-electron chi connectivity index (χ3n) is 19.7. The second-order valence-corrected chi connectivity index (χ2v) is 33.2. The van der Waals surface area contributed by atoms with Crippen LogP contribution in [-0.2, 0) is 89.9 Å². The van der Waals surface area contributed by atoms with Crippen LogP contribution in [0.4, 0.5) is 0 Å². The summed E-state index contributed by atoms with van der Waals surface area (Å²) in [6.07, 6.45) is -2.73. The van der Waals surface area contributed by atoms with Crippen molar-refractivity contribution in [1.82, 2.24) is 59.1 Å². The summed E-state index contributed by atoms with van der Waals surface area (Å²) in [6.45, 7) is 43.7. The number of benzene rings is 8. The van der Waals surface area contributed by atoms with Crippen molar-refractivity contribution in [3.63, 3.8) is 0 Å². The molecule has 684 valence electrons. The van der Waals surface area contributed by atoms with E-state index < -0.39 is 24.8 Å². The summed E-state index contributed by atoms with van der Waals surface area (Å²) in [7, 11) is 2.71. The van der Waals surface area contributed by atoms with E-state index in [1.165, 1.54) is 36.5 Å². The third-order valence-corrected chi connectivity index (χ3v) is 19.7. The molecule has 0 spiro atoms. The van der Waals surface area contributed by atoms with Crippen LogP contribution in [0.1, 0.15) is 168 Å². The standard InChI is InChI=1S/4C16H14N3.C11H24O2.2C9H20O2.C5H12O4.4Ir/c4*1-12-8-6-7-11-15(12)19-13(2)17-16(18-19)14-9-4-3-5-10-14;1-10(2,3)8(12)7-9(13)11(4,5)6;2*1-6(2)8(10)5-9(11)7(3)4;1-8-4(6)3-5(7)9-2;;;;/h4*3-9,11H,1-2H3;8-9,12-13H,7H2,1-6H3;2*6-11H,5H2,1-4H3;4-7H,3H2,1-2H3;;;;/q4*-1;;;;;;;;. The first kappa shape index (κ1) is 115. The average Bonchev–Trinajstić information content (AvgIpc) is 1.69. The summed E-state index contributed by atoms with van der Waals surface area (Å²) in [5, 5.41) is 92.8. The maximum atomic E-state index is 9.76. The van der Waals surface area contributed by atoms with E-state index in [2.05, 4.69) is 150 Å². The van der Waals surface area contributed by atoms with Gasteiger partial charge in [-0.1, -0.05) is 170 Å². The molecule has 0 fully saturated rings. The third kappa shape index (κ3) is 38.2. The van der Waals surface area contributed by atoms with Crippen molar-refractivity contribution in [3.05, 3.63) is 264 Å². The fourth-order valence-corrected chi connectivity index (χ4v) is 11.1. The van der Waals surface area contributed by atoms with Crippen molar-refractivity contribution in [1.29, 1.82) is 0 Å². The van der Waals surface area contributed by atoms with Crippen LogP contribution in [-0.4, -0.2) is 163 Å². The number of aryl methyl sites for hydroxylation is 8. The second-order valence-electron chi connectivity index (χ2n) is 33.2. The van der Waals surface area contributed by atoms with Gasteiger partial charge < -0.3 is 50.3 Å². The predicted octanol–water partition coefficient (Wildman–Crippen LogP) is 17.7. The fraction of sp³-hybridized carbons (Fsp3) is 0.429. The molecule has 4 aromatic heterocycles. The van der Waals surface area contributed by atoms with Gasteiger partial charge in [-0.05, 0) is 149 Å². The van der Waals surface area contributed by atoms with E-state index in [4.69, 9.17) is 10.2 Å². The van der Waals surface area contributed by atoms with Crippen LogP contribution in [0.5, 0.6) is 0 Å². The second kappa shape index (κ2) is 57.4. The molecular weight excluding hydrogens is 2270 g/mol. The first-order chi connectivity index (χ1) is 56.7. The van der Waals surface area contributed by atoms with E-state index in [1.54, 1.807) is 0 Å². The molecule has 8 N–H and O–H groups in total. The van der Waals surface area contributed by atoms with Crippen molar-refractivity contribution >= 4 is 0 Å². The van der Waals surface area contributed by atoms with Gasteiger partial charge in [0.2, 0.25) is 0 Å². The number of aromatic nitrogens is 12. The molecule has 12 rings (SSSR count). The van der Waals surface area contributed by atoms with Gasteiger partial charge in [-0.3, -0.25) is 19.9 Å². The topological polar surface area (TPSA) is 303 Å². The van der Waals surface area contributed by atoms with Crippen molar-refractivity contribution in [2.24, 2.45) is 34.5 Å². The first-order valence-electron chi connectivity index (χ1n) is 41.0. The predicted molar refractivity (Wildman–Crippen MR) is 479 cm³/mol. The Bertz CT molecular complexity index is 4310. The zero-order valence-electron chi connectivity index (χ0n) is 76.3. The average molecular weight is 2410 g/mol. The van der Waals surface area contributed by atoms with Crippen molar-refractivity contribution < 1.29 is 131 Å². The van der Waals surface area contributed by atoms with Crippen molar-refractivity contribution in [2.45, 2.75) is 227 Å². The Hall–Kier alpha value is -7.48. The number of aliphatic hydroxyl groups excluding tert-OH is 8. The smallest absolute Gasteiger partial charge is 0.158 e. The first-order valence-corrected chi connectivity index (χ1v) is 41.0. The van der Waals surface area contributed by atoms with E-state index in [0.29, 0.717) is 42.6 Å². The van der Waals surface area contributed by atoms with Crippen LogP contribution in [0.25, 0.3) is 68.3 Å². The van der Waals surface area contributed by atoms with Gasteiger partial charge in [-0.25, -0.2) is 18.7 Å². The van der Waals surface area contributed by atoms with Gasteiger partial charge in [0.15, 0.2) is 12.6 Å². The SMILES string of the molecule is CC(C)(C)C(O)CC(O)C(C)(C)C.CC(C)C(O)CC(O)C(C)C.CC(C)C(O)CC(O)C(C)C.COC(O)CC(O)OC.Cc1ccccc1-n1nc(-c2[c-]cccc2)nc1C.Cc1ccccc1-n1nc(-c2[c-]cccc2)nc1C.Cc1ccccc1-n1nc(-c2[c-]cccc2)nc1C.Cc1ccccc1-n1nc(-c2[c-]cccc2)nc1C.[Ir].[Ir].[Ir].[Ir]. The summed E-state index contributed by atoms with van der Waals surface area (Å²) in [6, 6.07) is 76.3. The molecule has 8 aromatic carbocycles. The summed E-state index contributed by atoms with van der Waals surface area (Å²) < 4.78 is 16.4. The molecule has 4 heterocycles. The summed E-state index contributed by atoms with van der Waals surface area (Å²) in [4.78, 5) is 18.1. The molecule has 12 aromatic rings. The molecule has 0 aliphatic carbocycles. The van der Waals surface area contributed by atoms with Crippen LogP contribution < -0.4 is 0 Å². The van der Waals surface area contributed by atoms with Gasteiger partial charge in [0, 0.05) is 107 Å². The van der Waals surface area contributed by atoms with Crippen LogP contribution in [0.15, 0.2) is 194 Å². The summed E-state index contributed by atoms with van der Waals surface area (Å²) in [5.74, 6) is 7.30. The monoisotopic (exact) mass is 2410 g/mol. The number of aliphatic hydroxyl groups is 8. The van der Waals surface area contributed by atoms with E-state index in [9.17, 15) is 30.6 Å². The number of hydrogen-bond donors (Lipinski definition) is 8. The summed E-state index contributed by atoms with van der Waals surface area (Å²) in [5.41, 5.74) is 12.3. The maximum absolute atomic E-state index is 9.76. The van der Waals surface area contributed by atoms with Crippen molar-refractivity contribution in [3.8, 4) is 68.3 Å². The molecule has 0 aliphatic heterocycles. The van der Waals surface area contributed by atoms with E-state index >= 15 is 0 Å². The van der Waals surface area contributed by atoms with Gasteiger partial charge in [-0.2, -0.15) is 20.4 Å². The summed E-state index contributed by atoms with van der Waals surface area (Å²) >= 11 is 0. The van der Waals surface area contributed by atoms with E-state index in [1.807, 2.05) is 289 Å². The number of methoxy groups -OCH3 is 2. The molecule has 8 unspecified atom stereocenters. The molecule has 0 amide bonds. The zero-order chi connectivity index (χ0) is 89.1. The van der Waals surface area contributed by atoms with Crippen molar-refractivity contribution in [2.75, 3.05) is 14.2 Å². The molecule has 0 aliphatic rings. The molecule has 0 saturated heterocycles. The minimum Gasteiger partial charge on any atom is -0.393 e. The van der Waals surface area contributed by atoms with Crippen LogP contribution in [0, 0.1) is 114 Å². The Morgan fingerprint density at radius 1 is 0.290 bits per heavy atom. The van der Waals surface area contributed by atoms with Crippen LogP contribution >= 0.6 is 0 Å². The molecule has 26 heteroatoms. The molecule has 0 bridgehead atoms. The molecule has 124 heavy (non-hydrogen) atoms. The van der Waals surface area contributed by atoms with E-state index in [-0.39, 0.29) is 146 Å². The normalized spacial score (nSPS) is 12.8. The van der Waals surface area contributed by atoms with Gasteiger partial charge in [0.05, 0.1) is 82.7 Å². The van der Waals surface area contributed by atoms with Crippen LogP contribution in [0.2, 0.25) is 0 Å². The zero-order valence-corrected chi connectivity index (χ0v) is 85.9. The quantitative estimate of drug-likeness (QED) is 0.0231.